The van der Waals surface area contributed by atoms with Crippen LogP contribution in [0.25, 0.3) is 0 Å². The van der Waals surface area contributed by atoms with Crippen LogP contribution < -0.4 is 30.6 Å². The SMILES string of the molecule is O=C([O-])[O-].O=C([O-])[O-].[BaH2].[BaH2].[BaH2].[Ca+2].[Ca+2].[Ca+2].[O-]c1ccccc1.[O-]c1ccccc1. The maximum atomic E-state index is 10.3. The minimum absolute atomic E-state index is 0. The van der Waals surface area contributed by atoms with Gasteiger partial charge in [0.05, 0.1) is 0 Å². The van der Waals surface area contributed by atoms with Gasteiger partial charge in [-0.25, -0.2) is 0 Å². The van der Waals surface area contributed by atoms with Crippen molar-refractivity contribution < 1.29 is 40.2 Å². The van der Waals surface area contributed by atoms with Crippen molar-refractivity contribution in [3.05, 3.63) is 60.7 Å². The molecule has 0 aromatic heterocycles. The second kappa shape index (κ2) is 42.3. The summed E-state index contributed by atoms with van der Waals surface area (Å²) in [5, 5.41) is 53.9. The summed E-state index contributed by atoms with van der Waals surface area (Å²) in [5.74, 6) is 0.144. The summed E-state index contributed by atoms with van der Waals surface area (Å²) in [6.07, 6.45) is -4.67. The molecule has 0 aliphatic rings. The molecular weight excluding hydrogens is 828 g/mol. The molecule has 14 heteroatoms. The van der Waals surface area contributed by atoms with E-state index in [1.807, 2.05) is 12.1 Å². The van der Waals surface area contributed by atoms with E-state index in [0.29, 0.717) is 0 Å². The zero-order chi connectivity index (χ0) is 17.4. The molecule has 0 aliphatic heterocycles. The predicted octanol–water partition coefficient (Wildman–Crippen LogP) is -7.26. The van der Waals surface area contributed by atoms with Crippen LogP contribution in [0.5, 0.6) is 11.5 Å². The number of benzene rings is 2. The normalized spacial score (nSPS) is 6.00. The van der Waals surface area contributed by atoms with Crippen LogP contribution in [-0.2, 0) is 0 Å². The van der Waals surface area contributed by atoms with E-state index >= 15 is 0 Å². The van der Waals surface area contributed by atoms with E-state index in [1.54, 1.807) is 24.3 Å². The maximum absolute atomic E-state index is 10.3. The summed E-state index contributed by atoms with van der Waals surface area (Å²) < 4.78 is 0. The summed E-state index contributed by atoms with van der Waals surface area (Å²) >= 11 is 0. The summed E-state index contributed by atoms with van der Waals surface area (Å²) in [5.41, 5.74) is 0. The molecule has 8 nitrogen and oxygen atoms in total. The van der Waals surface area contributed by atoms with E-state index in [-0.39, 0.29) is 271 Å². The van der Waals surface area contributed by atoms with Gasteiger partial charge in [-0.05, 0) is 12.3 Å². The number of hydrogen-bond donors (Lipinski definition) is 0. The van der Waals surface area contributed by atoms with Crippen LogP contribution in [-0.4, -0.2) is 272 Å². The van der Waals surface area contributed by atoms with Gasteiger partial charge in [0.1, 0.15) is 0 Å². The van der Waals surface area contributed by atoms with E-state index in [0.717, 1.165) is 0 Å². The fourth-order valence-corrected chi connectivity index (χ4v) is 0.841. The topological polar surface area (TPSA) is 172 Å². The molecular formula is C14H16Ba3Ca3O8. The zero-order valence-corrected chi connectivity index (χ0v) is 19.8. The number of para-hydroxylation sites is 2. The molecule has 2 aromatic rings. The zero-order valence-electron chi connectivity index (χ0n) is 13.2. The molecule has 0 saturated heterocycles. The summed E-state index contributed by atoms with van der Waals surface area (Å²) in [6.45, 7) is 0. The molecule has 0 heterocycles. The Labute approximate surface area is 373 Å². The van der Waals surface area contributed by atoms with E-state index in [2.05, 4.69) is 0 Å². The molecule has 0 aliphatic carbocycles. The Kier molecular flexibility index (Phi) is 81.7. The van der Waals surface area contributed by atoms with Crippen molar-refractivity contribution in [1.29, 1.82) is 0 Å². The molecule has 2 aromatic carbocycles. The van der Waals surface area contributed by atoms with E-state index < -0.39 is 12.3 Å². The first-order valence-electron chi connectivity index (χ1n) is 5.45. The van der Waals surface area contributed by atoms with Gasteiger partial charge in [0.25, 0.3) is 0 Å². The molecule has 28 heavy (non-hydrogen) atoms. The molecule has 0 atom stereocenters. The Bertz CT molecular complexity index is 482. The van der Waals surface area contributed by atoms with Gasteiger partial charge in [0.2, 0.25) is 0 Å². The smallest absolute Gasteiger partial charge is 0.872 e. The van der Waals surface area contributed by atoms with Crippen molar-refractivity contribution in [2.24, 2.45) is 0 Å². The average molecular weight is 844 g/mol. The molecule has 0 N–H and O–H groups in total. The Morgan fingerprint density at radius 3 is 0.714 bits per heavy atom. The van der Waals surface area contributed by atoms with Gasteiger partial charge in [0.15, 0.2) is 0 Å². The summed E-state index contributed by atoms with van der Waals surface area (Å²) in [4.78, 5) is 16.7. The van der Waals surface area contributed by atoms with Crippen LogP contribution in [0, 0.1) is 0 Å². The molecule has 0 fully saturated rings. The largest absolute Gasteiger partial charge is 2.00 e. The molecule has 0 spiro atoms. The van der Waals surface area contributed by atoms with Crippen molar-refractivity contribution in [1.82, 2.24) is 0 Å². The Hall–Kier alpha value is 5.07. The maximum Gasteiger partial charge on any atom is 2.00 e. The monoisotopic (exact) mass is 846 g/mol. The van der Waals surface area contributed by atoms with Gasteiger partial charge >= 0.3 is 260 Å². The van der Waals surface area contributed by atoms with Crippen molar-refractivity contribution in [2.45, 2.75) is 0 Å². The summed E-state index contributed by atoms with van der Waals surface area (Å²) in [7, 11) is 0. The van der Waals surface area contributed by atoms with Gasteiger partial charge in [0, 0.05) is 0 Å². The van der Waals surface area contributed by atoms with Gasteiger partial charge in [-0.3, -0.25) is 0 Å². The average Bonchev–Trinajstić information content (AvgIpc) is 2.40. The van der Waals surface area contributed by atoms with Gasteiger partial charge in [-0.15, -0.1) is 11.5 Å². The standard InChI is InChI=1S/2C6H6O.2CH2O3.3Ba.3Ca.6H/c2*7-6-4-2-1-3-5-6;2*2-1(3)4;;;;;;;;;;;;/h2*1-5,7H;2*(H2,2,3,4);;;;;;;;;;;;/q;;;;;;;3*+2;;;;;;/p-6. The van der Waals surface area contributed by atoms with Crippen LogP contribution in [0.15, 0.2) is 60.7 Å². The molecule has 0 amide bonds. The Morgan fingerprint density at radius 1 is 0.500 bits per heavy atom. The van der Waals surface area contributed by atoms with Crippen LogP contribution in [0.1, 0.15) is 0 Å². The number of carboxylic acid groups (broad SMARTS) is 4. The van der Waals surface area contributed by atoms with Gasteiger partial charge in [-0.1, -0.05) is 60.7 Å². The molecule has 0 saturated carbocycles. The van der Waals surface area contributed by atoms with E-state index in [4.69, 9.17) is 30.0 Å². The first-order chi connectivity index (χ1) is 10.3. The van der Waals surface area contributed by atoms with Crippen molar-refractivity contribution in [2.75, 3.05) is 0 Å². The Morgan fingerprint density at radius 2 is 0.643 bits per heavy atom. The van der Waals surface area contributed by atoms with Crippen LogP contribution in [0.3, 0.4) is 0 Å². The second-order valence-electron chi connectivity index (χ2n) is 3.13. The third-order valence-electron chi connectivity index (χ3n) is 1.49. The number of rotatable bonds is 0. The van der Waals surface area contributed by atoms with Crippen molar-refractivity contribution in [3.63, 3.8) is 0 Å². The van der Waals surface area contributed by atoms with Gasteiger partial charge < -0.3 is 40.2 Å². The second-order valence-corrected chi connectivity index (χ2v) is 3.13. The molecule has 0 bridgehead atoms. The first kappa shape index (κ1) is 54.1. The Balaban J connectivity index is -0.0000000306. The van der Waals surface area contributed by atoms with Crippen LogP contribution in [0.2, 0.25) is 0 Å². The van der Waals surface area contributed by atoms with Crippen molar-refractivity contribution in [3.8, 4) is 11.5 Å². The molecule has 2 rings (SSSR count). The van der Waals surface area contributed by atoms with Crippen LogP contribution >= 0.6 is 0 Å². The first-order valence-corrected chi connectivity index (χ1v) is 5.45. The van der Waals surface area contributed by atoms with E-state index in [9.17, 15) is 10.2 Å². The fraction of sp³-hybridized carbons (Fsp3) is 0. The number of carbonyl (C=O) groups is 2. The summed E-state index contributed by atoms with van der Waals surface area (Å²) in [6, 6.07) is 16.7. The molecule has 0 unspecified atom stereocenters. The third kappa shape index (κ3) is 63.3. The molecule has 132 valence electrons. The minimum atomic E-state index is -2.33. The van der Waals surface area contributed by atoms with Crippen LogP contribution in [0.4, 0.5) is 9.59 Å². The van der Waals surface area contributed by atoms with E-state index in [1.165, 1.54) is 24.3 Å². The van der Waals surface area contributed by atoms with Crippen molar-refractivity contribution >= 4 is 272 Å². The number of carbonyl (C=O) groups excluding carboxylic acids is 2. The minimum Gasteiger partial charge on any atom is -0.872 e. The molecule has 0 radical (unpaired) electrons. The van der Waals surface area contributed by atoms with Gasteiger partial charge in [-0.2, -0.15) is 0 Å². The third-order valence-corrected chi connectivity index (χ3v) is 1.49. The fourth-order valence-electron chi connectivity index (χ4n) is 0.841. The number of hydrogen-bond acceptors (Lipinski definition) is 8. The quantitative estimate of drug-likeness (QED) is 0.236. The predicted molar refractivity (Wildman–Crippen MR) is 105 cm³/mol.